The highest BCUT2D eigenvalue weighted by Gasteiger charge is 2.18. The molecule has 0 bridgehead atoms. The maximum atomic E-state index is 6.00. The van der Waals surface area contributed by atoms with Crippen molar-refractivity contribution in [2.45, 2.75) is 26.2 Å². The van der Waals surface area contributed by atoms with Gasteiger partial charge in [-0.3, -0.25) is 0 Å². The lowest BCUT2D eigenvalue weighted by Gasteiger charge is -2.16. The largest absolute Gasteiger partial charge is 0.331 e. The Morgan fingerprint density at radius 1 is 1.39 bits per heavy atom. The zero-order valence-electron chi connectivity index (χ0n) is 11.2. The van der Waals surface area contributed by atoms with Crippen LogP contribution in [-0.4, -0.2) is 16.1 Å². The van der Waals surface area contributed by atoms with E-state index in [9.17, 15) is 0 Å². The first-order valence-corrected chi connectivity index (χ1v) is 6.72. The van der Waals surface area contributed by atoms with Gasteiger partial charge in [0.05, 0.1) is 11.0 Å². The summed E-state index contributed by atoms with van der Waals surface area (Å²) in [5.41, 5.74) is 7.95. The molecule has 0 spiro atoms. The summed E-state index contributed by atoms with van der Waals surface area (Å²) >= 11 is 6.00. The zero-order valence-corrected chi connectivity index (χ0v) is 11.9. The van der Waals surface area contributed by atoms with E-state index in [1.54, 1.807) is 0 Å². The monoisotopic (exact) mass is 265 g/mol. The molecule has 2 aromatic rings. The molecule has 0 saturated carbocycles. The number of imidazole rings is 1. The zero-order chi connectivity index (χ0) is 13.3. The first-order chi connectivity index (χ1) is 8.52. The molecule has 1 atom stereocenters. The molecule has 2 N–H and O–H groups in total. The lowest BCUT2D eigenvalue weighted by atomic mass is 9.96. The van der Waals surface area contributed by atoms with Crippen molar-refractivity contribution >= 4 is 22.6 Å². The van der Waals surface area contributed by atoms with Crippen LogP contribution in [0.4, 0.5) is 0 Å². The fourth-order valence-corrected chi connectivity index (χ4v) is 2.60. The number of nitrogens with two attached hydrogens (primary N) is 1. The smallest absolute Gasteiger partial charge is 0.114 e. The fourth-order valence-electron chi connectivity index (χ4n) is 2.43. The first-order valence-electron chi connectivity index (χ1n) is 6.35. The topological polar surface area (TPSA) is 43.8 Å². The third-order valence-corrected chi connectivity index (χ3v) is 3.52. The summed E-state index contributed by atoms with van der Waals surface area (Å²) in [6.07, 6.45) is 1.06. The molecule has 0 radical (unpaired) electrons. The summed E-state index contributed by atoms with van der Waals surface area (Å²) in [6, 6.07) is 5.82. The highest BCUT2D eigenvalue weighted by atomic mass is 35.5. The lowest BCUT2D eigenvalue weighted by molar-refractivity contribution is 0.480. The molecule has 1 aromatic heterocycles. The summed E-state index contributed by atoms with van der Waals surface area (Å²) < 4.78 is 2.13. The molecule has 1 heterocycles. The van der Waals surface area contributed by atoms with Gasteiger partial charge in [-0.05, 0) is 30.5 Å². The number of rotatable bonds is 4. The van der Waals surface area contributed by atoms with Gasteiger partial charge >= 0.3 is 0 Å². The Bertz CT molecular complexity index is 545. The number of aromatic nitrogens is 2. The minimum Gasteiger partial charge on any atom is -0.331 e. The first kappa shape index (κ1) is 13.4. The quantitative estimate of drug-likeness (QED) is 0.922. The third-order valence-electron chi connectivity index (χ3n) is 3.28. The van der Waals surface area contributed by atoms with Crippen LogP contribution in [0.15, 0.2) is 18.2 Å². The van der Waals surface area contributed by atoms with Gasteiger partial charge in [0.1, 0.15) is 5.82 Å². The summed E-state index contributed by atoms with van der Waals surface area (Å²) in [6.45, 7) is 5.05. The van der Waals surface area contributed by atoms with Crippen LogP contribution in [-0.2, 0) is 7.05 Å². The molecule has 1 aromatic carbocycles. The number of fused-ring (bicyclic) bond motifs is 1. The van der Waals surface area contributed by atoms with Crippen LogP contribution in [0.25, 0.3) is 11.0 Å². The van der Waals surface area contributed by atoms with Gasteiger partial charge in [-0.2, -0.15) is 0 Å². The van der Waals surface area contributed by atoms with Crippen LogP contribution in [0.3, 0.4) is 0 Å². The van der Waals surface area contributed by atoms with E-state index in [1.807, 2.05) is 25.2 Å². The second-order valence-corrected chi connectivity index (χ2v) is 5.66. The maximum absolute atomic E-state index is 6.00. The second kappa shape index (κ2) is 5.29. The van der Waals surface area contributed by atoms with Crippen molar-refractivity contribution in [3.63, 3.8) is 0 Å². The number of halogens is 1. The standard InChI is InChI=1S/C14H20ClN3/c1-9(2)6-10(8-16)14-17-12-7-11(15)4-5-13(12)18(14)3/h4-5,7,9-10H,6,8,16H2,1-3H3. The fraction of sp³-hybridized carbons (Fsp3) is 0.500. The van der Waals surface area contributed by atoms with Crippen molar-refractivity contribution in [3.05, 3.63) is 29.0 Å². The van der Waals surface area contributed by atoms with Crippen molar-refractivity contribution in [1.82, 2.24) is 9.55 Å². The van der Waals surface area contributed by atoms with Gasteiger partial charge < -0.3 is 10.3 Å². The number of hydrogen-bond acceptors (Lipinski definition) is 2. The van der Waals surface area contributed by atoms with Crippen LogP contribution < -0.4 is 5.73 Å². The number of nitrogens with zero attached hydrogens (tertiary/aromatic N) is 2. The molecule has 98 valence electrons. The van der Waals surface area contributed by atoms with E-state index in [2.05, 4.69) is 18.4 Å². The number of aryl methyl sites for hydroxylation is 1. The van der Waals surface area contributed by atoms with Gasteiger partial charge in [-0.25, -0.2) is 4.98 Å². The van der Waals surface area contributed by atoms with Crippen LogP contribution >= 0.6 is 11.6 Å². The molecule has 0 aliphatic rings. The van der Waals surface area contributed by atoms with Crippen LogP contribution in [0, 0.1) is 5.92 Å². The number of benzene rings is 1. The normalized spacial score (nSPS) is 13.4. The molecule has 0 saturated heterocycles. The van der Waals surface area contributed by atoms with Gasteiger partial charge in [-0.1, -0.05) is 25.4 Å². The Hall–Kier alpha value is -1.06. The molecule has 1 unspecified atom stereocenters. The average molecular weight is 266 g/mol. The predicted molar refractivity (Wildman–Crippen MR) is 77.0 cm³/mol. The molecule has 0 aliphatic heterocycles. The summed E-state index contributed by atoms with van der Waals surface area (Å²) in [4.78, 5) is 4.70. The van der Waals surface area contributed by atoms with Crippen LogP contribution in [0.2, 0.25) is 5.02 Å². The van der Waals surface area contributed by atoms with Gasteiger partial charge in [0.15, 0.2) is 0 Å². The minimum atomic E-state index is 0.307. The Morgan fingerprint density at radius 3 is 2.72 bits per heavy atom. The molecule has 0 fully saturated rings. The van der Waals surface area contributed by atoms with E-state index in [-0.39, 0.29) is 0 Å². The SMILES string of the molecule is CC(C)CC(CN)c1nc2cc(Cl)ccc2n1C. The average Bonchev–Trinajstić information content (AvgIpc) is 2.63. The highest BCUT2D eigenvalue weighted by Crippen LogP contribution is 2.26. The second-order valence-electron chi connectivity index (χ2n) is 5.22. The van der Waals surface area contributed by atoms with Crippen molar-refractivity contribution in [2.75, 3.05) is 6.54 Å². The van der Waals surface area contributed by atoms with E-state index in [1.165, 1.54) is 0 Å². The highest BCUT2D eigenvalue weighted by molar-refractivity contribution is 6.31. The van der Waals surface area contributed by atoms with Crippen LogP contribution in [0.1, 0.15) is 32.0 Å². The molecule has 18 heavy (non-hydrogen) atoms. The van der Waals surface area contributed by atoms with Gasteiger partial charge in [0.2, 0.25) is 0 Å². The maximum Gasteiger partial charge on any atom is 0.114 e. The van der Waals surface area contributed by atoms with Gasteiger partial charge in [0, 0.05) is 24.5 Å². The Morgan fingerprint density at radius 2 is 2.11 bits per heavy atom. The van der Waals surface area contributed by atoms with Crippen molar-refractivity contribution in [3.8, 4) is 0 Å². The van der Waals surface area contributed by atoms with Crippen molar-refractivity contribution < 1.29 is 0 Å². The Kier molecular flexibility index (Phi) is 3.93. The van der Waals surface area contributed by atoms with Crippen molar-refractivity contribution in [1.29, 1.82) is 0 Å². The van der Waals surface area contributed by atoms with Crippen molar-refractivity contribution in [2.24, 2.45) is 18.7 Å². The third kappa shape index (κ3) is 2.52. The molecular weight excluding hydrogens is 246 g/mol. The minimum absolute atomic E-state index is 0.307. The summed E-state index contributed by atoms with van der Waals surface area (Å²) in [7, 11) is 2.04. The lowest BCUT2D eigenvalue weighted by Crippen LogP contribution is -2.18. The van der Waals surface area contributed by atoms with Crippen LogP contribution in [0.5, 0.6) is 0 Å². The Balaban J connectivity index is 2.46. The van der Waals surface area contributed by atoms with E-state index in [0.717, 1.165) is 28.3 Å². The molecule has 0 amide bonds. The van der Waals surface area contributed by atoms with E-state index in [0.29, 0.717) is 18.4 Å². The molecule has 2 rings (SSSR count). The van der Waals surface area contributed by atoms with E-state index in [4.69, 9.17) is 22.3 Å². The summed E-state index contributed by atoms with van der Waals surface area (Å²) in [5.74, 6) is 1.98. The molecular formula is C14H20ClN3. The molecule has 0 aliphatic carbocycles. The van der Waals surface area contributed by atoms with Gasteiger partial charge in [-0.15, -0.1) is 0 Å². The number of hydrogen-bond donors (Lipinski definition) is 1. The van der Waals surface area contributed by atoms with E-state index >= 15 is 0 Å². The Labute approximate surface area is 113 Å². The molecule has 4 heteroatoms. The summed E-state index contributed by atoms with van der Waals surface area (Å²) in [5, 5.41) is 0.723. The molecule has 3 nitrogen and oxygen atoms in total. The van der Waals surface area contributed by atoms with Gasteiger partial charge in [0.25, 0.3) is 0 Å². The van der Waals surface area contributed by atoms with E-state index < -0.39 is 0 Å². The predicted octanol–water partition coefficient (Wildman–Crippen LogP) is 3.32.